The molecule has 1 aromatic carbocycles. The normalized spacial score (nSPS) is 18.2. The minimum atomic E-state index is -0.222. The third-order valence-electron chi connectivity index (χ3n) is 4.36. The zero-order chi connectivity index (χ0) is 17.5. The summed E-state index contributed by atoms with van der Waals surface area (Å²) in [6.07, 6.45) is 3.53. The van der Waals surface area contributed by atoms with Crippen molar-refractivity contribution in [2.45, 2.75) is 39.2 Å². The first-order valence-electron chi connectivity index (χ1n) is 8.43. The zero-order valence-electron chi connectivity index (χ0n) is 14.7. The van der Waals surface area contributed by atoms with E-state index in [1.807, 2.05) is 19.1 Å². The summed E-state index contributed by atoms with van der Waals surface area (Å²) in [4.78, 5) is 26.2. The van der Waals surface area contributed by atoms with Crippen molar-refractivity contribution in [1.29, 1.82) is 0 Å². The molecular formula is C18H27N3O3. The number of hydrogen-bond acceptors (Lipinski definition) is 4. The van der Waals surface area contributed by atoms with E-state index in [2.05, 4.69) is 22.5 Å². The molecule has 6 nitrogen and oxygen atoms in total. The number of aryl methyl sites for hydroxylation is 1. The topological polar surface area (TPSA) is 70.7 Å². The van der Waals surface area contributed by atoms with Crippen LogP contribution in [0, 0.1) is 6.92 Å². The molecule has 1 heterocycles. The molecule has 1 atom stereocenters. The molecule has 1 aliphatic rings. The molecule has 0 radical (unpaired) electrons. The minimum Gasteiger partial charge on any atom is -0.375 e. The number of likely N-dealkylation sites (tertiary alicyclic amines) is 1. The van der Waals surface area contributed by atoms with Crippen LogP contribution in [-0.4, -0.2) is 49.6 Å². The first-order valence-corrected chi connectivity index (χ1v) is 8.43. The van der Waals surface area contributed by atoms with Gasteiger partial charge in [-0.2, -0.15) is 0 Å². The van der Waals surface area contributed by atoms with E-state index in [1.54, 1.807) is 6.07 Å². The molecule has 1 fully saturated rings. The second-order valence-corrected chi connectivity index (χ2v) is 6.37. The van der Waals surface area contributed by atoms with Crippen molar-refractivity contribution in [2.75, 3.05) is 37.4 Å². The average Bonchev–Trinajstić information content (AvgIpc) is 2.53. The van der Waals surface area contributed by atoms with Crippen LogP contribution in [-0.2, 0) is 14.3 Å². The highest BCUT2D eigenvalue weighted by molar-refractivity contribution is 5.95. The number of benzene rings is 1. The molecule has 0 spiro atoms. The fourth-order valence-corrected chi connectivity index (χ4v) is 2.93. The maximum Gasteiger partial charge on any atom is 0.250 e. The van der Waals surface area contributed by atoms with Crippen molar-refractivity contribution in [1.82, 2.24) is 4.90 Å². The highest BCUT2D eigenvalue weighted by Gasteiger charge is 2.20. The molecule has 1 aliphatic heterocycles. The van der Waals surface area contributed by atoms with Crippen LogP contribution in [0.1, 0.15) is 31.7 Å². The van der Waals surface area contributed by atoms with E-state index in [-0.39, 0.29) is 18.4 Å². The van der Waals surface area contributed by atoms with Gasteiger partial charge < -0.3 is 15.4 Å². The largest absolute Gasteiger partial charge is 0.375 e. The lowest BCUT2D eigenvalue weighted by atomic mass is 10.0. The van der Waals surface area contributed by atoms with Gasteiger partial charge in [0, 0.05) is 24.5 Å². The maximum atomic E-state index is 12.4. The van der Waals surface area contributed by atoms with Gasteiger partial charge in [-0.05, 0) is 50.9 Å². The van der Waals surface area contributed by atoms with E-state index in [9.17, 15) is 9.59 Å². The van der Waals surface area contributed by atoms with Crippen LogP contribution in [0.4, 0.5) is 11.4 Å². The Kier molecular flexibility index (Phi) is 6.75. The number of nitrogens with zero attached hydrogens (tertiary/aromatic N) is 1. The van der Waals surface area contributed by atoms with Crippen LogP contribution >= 0.6 is 0 Å². The van der Waals surface area contributed by atoms with Crippen molar-refractivity contribution < 1.29 is 14.3 Å². The monoisotopic (exact) mass is 333 g/mol. The molecule has 132 valence electrons. The van der Waals surface area contributed by atoms with Crippen LogP contribution in [0.5, 0.6) is 0 Å². The summed E-state index contributed by atoms with van der Waals surface area (Å²) in [6, 6.07) is 5.91. The van der Waals surface area contributed by atoms with Crippen molar-refractivity contribution in [3.63, 3.8) is 0 Å². The summed E-state index contributed by atoms with van der Waals surface area (Å²) in [5.74, 6) is -0.243. The molecule has 0 saturated carbocycles. The van der Waals surface area contributed by atoms with Gasteiger partial charge in [-0.1, -0.05) is 12.5 Å². The Hall–Kier alpha value is -1.92. The Labute approximate surface area is 143 Å². The van der Waals surface area contributed by atoms with Gasteiger partial charge in [-0.25, -0.2) is 0 Å². The van der Waals surface area contributed by atoms with Gasteiger partial charge in [0.05, 0.1) is 6.54 Å². The minimum absolute atomic E-state index is 0.00240. The Morgan fingerprint density at radius 3 is 2.75 bits per heavy atom. The van der Waals surface area contributed by atoms with Crippen LogP contribution in [0.25, 0.3) is 0 Å². The second-order valence-electron chi connectivity index (χ2n) is 6.37. The van der Waals surface area contributed by atoms with E-state index >= 15 is 0 Å². The van der Waals surface area contributed by atoms with Crippen molar-refractivity contribution in [3.05, 3.63) is 23.8 Å². The molecule has 1 aromatic rings. The number of rotatable bonds is 6. The van der Waals surface area contributed by atoms with Gasteiger partial charge in [0.15, 0.2) is 0 Å². The van der Waals surface area contributed by atoms with Crippen molar-refractivity contribution in [3.8, 4) is 0 Å². The molecule has 0 bridgehead atoms. The van der Waals surface area contributed by atoms with Crippen LogP contribution < -0.4 is 10.6 Å². The van der Waals surface area contributed by atoms with Crippen LogP contribution in [0.3, 0.4) is 0 Å². The molecule has 24 heavy (non-hydrogen) atoms. The molecule has 1 unspecified atom stereocenters. The lowest BCUT2D eigenvalue weighted by Crippen LogP contribution is -2.42. The van der Waals surface area contributed by atoms with E-state index in [4.69, 9.17) is 4.74 Å². The average molecular weight is 333 g/mol. The van der Waals surface area contributed by atoms with Gasteiger partial charge in [0.25, 0.3) is 0 Å². The molecule has 0 aliphatic carbocycles. The number of methoxy groups -OCH3 is 1. The summed E-state index contributed by atoms with van der Waals surface area (Å²) in [5, 5.41) is 5.71. The van der Waals surface area contributed by atoms with Crippen molar-refractivity contribution in [2.24, 2.45) is 0 Å². The Balaban J connectivity index is 1.97. The first kappa shape index (κ1) is 18.4. The quantitative estimate of drug-likeness (QED) is 0.838. The number of anilines is 2. The Morgan fingerprint density at radius 2 is 2.04 bits per heavy atom. The number of hydrogen-bond donors (Lipinski definition) is 2. The Morgan fingerprint density at radius 1 is 1.25 bits per heavy atom. The summed E-state index contributed by atoms with van der Waals surface area (Å²) >= 11 is 0. The third kappa shape index (κ3) is 5.32. The predicted octanol–water partition coefficient (Wildman–Crippen LogP) is 2.39. The summed E-state index contributed by atoms with van der Waals surface area (Å²) < 4.78 is 4.80. The lowest BCUT2D eigenvalue weighted by molar-refractivity contribution is -0.119. The molecule has 1 saturated heterocycles. The number of carbonyl (C=O) groups excluding carboxylic acids is 2. The first-order chi connectivity index (χ1) is 11.5. The summed E-state index contributed by atoms with van der Waals surface area (Å²) in [5.41, 5.74) is 2.32. The predicted molar refractivity (Wildman–Crippen MR) is 95.2 cm³/mol. The van der Waals surface area contributed by atoms with Crippen LogP contribution in [0.15, 0.2) is 18.2 Å². The van der Waals surface area contributed by atoms with E-state index < -0.39 is 0 Å². The maximum absolute atomic E-state index is 12.4. The molecule has 0 aromatic heterocycles. The molecular weight excluding hydrogens is 306 g/mol. The van der Waals surface area contributed by atoms with Gasteiger partial charge >= 0.3 is 0 Å². The molecule has 6 heteroatoms. The van der Waals surface area contributed by atoms with Gasteiger partial charge in [0.1, 0.15) is 6.61 Å². The molecule has 2 rings (SSSR count). The van der Waals surface area contributed by atoms with E-state index in [1.165, 1.54) is 13.5 Å². The number of ether oxygens (including phenoxy) is 1. The fourth-order valence-electron chi connectivity index (χ4n) is 2.93. The summed E-state index contributed by atoms with van der Waals surface area (Å²) in [7, 11) is 1.47. The van der Waals surface area contributed by atoms with Gasteiger partial charge in [-0.15, -0.1) is 0 Å². The summed E-state index contributed by atoms with van der Waals surface area (Å²) in [6.45, 7) is 5.48. The SMILES string of the molecule is COCC(=O)Nc1ccc(C)c(NC(=O)CN2CCCCC2C)c1. The lowest BCUT2D eigenvalue weighted by Gasteiger charge is -2.32. The highest BCUT2D eigenvalue weighted by atomic mass is 16.5. The number of carbonyl (C=O) groups is 2. The van der Waals surface area contributed by atoms with E-state index in [0.29, 0.717) is 18.3 Å². The van der Waals surface area contributed by atoms with Crippen molar-refractivity contribution >= 4 is 23.2 Å². The number of nitrogens with one attached hydrogen (secondary N) is 2. The second kappa shape index (κ2) is 8.80. The smallest absolute Gasteiger partial charge is 0.250 e. The molecule has 2 amide bonds. The highest BCUT2D eigenvalue weighted by Crippen LogP contribution is 2.21. The fraction of sp³-hybridized carbons (Fsp3) is 0.556. The number of amides is 2. The van der Waals surface area contributed by atoms with Crippen LogP contribution in [0.2, 0.25) is 0 Å². The molecule has 2 N–H and O–H groups in total. The standard InChI is InChI=1S/C18H27N3O3/c1-13-7-8-15(19-18(23)12-24-3)10-16(13)20-17(22)11-21-9-5-4-6-14(21)2/h7-8,10,14H,4-6,9,11-12H2,1-3H3,(H,19,23)(H,20,22). The third-order valence-corrected chi connectivity index (χ3v) is 4.36. The van der Waals surface area contributed by atoms with E-state index in [0.717, 1.165) is 30.6 Å². The number of piperidine rings is 1. The Bertz CT molecular complexity index is 589. The van der Waals surface area contributed by atoms with Gasteiger partial charge in [0.2, 0.25) is 11.8 Å². The van der Waals surface area contributed by atoms with Gasteiger partial charge in [-0.3, -0.25) is 14.5 Å². The zero-order valence-corrected chi connectivity index (χ0v) is 14.7.